The molecule has 1 amide bonds. The molecule has 1 unspecified atom stereocenters. The van der Waals surface area contributed by atoms with E-state index < -0.39 is 11.9 Å². The normalized spacial score (nSPS) is 16.1. The topological polar surface area (TPSA) is 133 Å². The van der Waals surface area contributed by atoms with Crippen LogP contribution in [0.4, 0.5) is 5.69 Å². The number of esters is 1. The number of hydrogen-bond acceptors (Lipinski definition) is 6. The summed E-state index contributed by atoms with van der Waals surface area (Å²) in [5.74, 6) is -3.89. The first-order valence-corrected chi connectivity index (χ1v) is 9.51. The van der Waals surface area contributed by atoms with E-state index in [1.165, 1.54) is 0 Å². The predicted octanol–water partition coefficient (Wildman–Crippen LogP) is 2.10. The lowest BCUT2D eigenvalue weighted by atomic mass is 9.98. The van der Waals surface area contributed by atoms with E-state index in [0.29, 0.717) is 36.8 Å². The fourth-order valence-electron chi connectivity index (χ4n) is 2.76. The van der Waals surface area contributed by atoms with Gasteiger partial charge >= 0.3 is 17.9 Å². The summed E-state index contributed by atoms with van der Waals surface area (Å²) in [5, 5.41) is 18.2. The van der Waals surface area contributed by atoms with Crippen LogP contribution in [0.15, 0.2) is 24.3 Å². The number of carboxylic acid groups (broad SMARTS) is 2. The Morgan fingerprint density at radius 1 is 1.24 bits per heavy atom. The van der Waals surface area contributed by atoms with Crippen molar-refractivity contribution in [2.45, 2.75) is 26.2 Å². The zero-order chi connectivity index (χ0) is 21.8. The smallest absolute Gasteiger partial charge is 0.414 e. The number of likely N-dealkylation sites (tertiary alicyclic amines) is 1. The number of nitrogens with zero attached hydrogens (tertiary/aromatic N) is 1. The first-order chi connectivity index (χ1) is 13.7. The maximum Gasteiger partial charge on any atom is 0.414 e. The number of carboxylic acids is 2. The van der Waals surface area contributed by atoms with Crippen LogP contribution in [0, 0.1) is 5.92 Å². The fraction of sp³-hybridized carbons (Fsp3) is 0.474. The minimum Gasteiger partial charge on any atom is -0.473 e. The van der Waals surface area contributed by atoms with Gasteiger partial charge < -0.3 is 25.2 Å². The Hall–Kier alpha value is -2.65. The Kier molecular flexibility index (Phi) is 10.7. The number of nitrogens with one attached hydrogen (secondary N) is 1. The van der Waals surface area contributed by atoms with Crippen LogP contribution in [0.25, 0.3) is 0 Å². The van der Waals surface area contributed by atoms with Crippen molar-refractivity contribution in [3.8, 4) is 0 Å². The van der Waals surface area contributed by atoms with E-state index in [4.69, 9.17) is 36.1 Å². The standard InChI is InChI=1S/C17H23ClN2O3.C2H2O4/c1-2-23-17(22)13-5-4-9-20(12-13)10-8-16(21)19-15-7-3-6-14(18)11-15;3-1(4)2(5)6/h3,6-7,11,13H,2,4-5,8-10,12H2,1H3,(H,19,21);(H,3,4)(H,5,6). The van der Waals surface area contributed by atoms with Crippen LogP contribution >= 0.6 is 11.6 Å². The molecular formula is C19H25ClN2O7. The Balaban J connectivity index is 0.000000612. The second kappa shape index (κ2) is 12.7. The van der Waals surface area contributed by atoms with E-state index in [0.717, 1.165) is 19.4 Å². The van der Waals surface area contributed by atoms with Crippen molar-refractivity contribution in [1.29, 1.82) is 0 Å². The summed E-state index contributed by atoms with van der Waals surface area (Å²) < 4.78 is 5.09. The van der Waals surface area contributed by atoms with E-state index in [-0.39, 0.29) is 17.8 Å². The van der Waals surface area contributed by atoms with Crippen LogP contribution in [-0.4, -0.2) is 65.2 Å². The average molecular weight is 429 g/mol. The van der Waals surface area contributed by atoms with Crippen molar-refractivity contribution in [3.63, 3.8) is 0 Å². The maximum atomic E-state index is 12.0. The third-order valence-corrected chi connectivity index (χ3v) is 4.31. The Morgan fingerprint density at radius 3 is 2.52 bits per heavy atom. The van der Waals surface area contributed by atoms with Crippen molar-refractivity contribution in [1.82, 2.24) is 4.90 Å². The number of halogens is 1. The molecule has 1 aliphatic rings. The summed E-state index contributed by atoms with van der Waals surface area (Å²) >= 11 is 5.90. The molecule has 0 saturated carbocycles. The molecule has 3 N–H and O–H groups in total. The summed E-state index contributed by atoms with van der Waals surface area (Å²) in [6.45, 7) is 4.46. The second-order valence-corrected chi connectivity index (χ2v) is 6.75. The van der Waals surface area contributed by atoms with Crippen LogP contribution in [0.3, 0.4) is 0 Å². The summed E-state index contributed by atoms with van der Waals surface area (Å²) in [4.78, 5) is 44.2. The van der Waals surface area contributed by atoms with Crippen molar-refractivity contribution >= 4 is 41.1 Å². The van der Waals surface area contributed by atoms with Crippen LogP contribution in [0.2, 0.25) is 5.02 Å². The van der Waals surface area contributed by atoms with Gasteiger partial charge in [0, 0.05) is 30.2 Å². The number of piperidine rings is 1. The Morgan fingerprint density at radius 2 is 1.93 bits per heavy atom. The molecule has 1 fully saturated rings. The lowest BCUT2D eigenvalue weighted by Crippen LogP contribution is -2.40. The molecule has 1 aromatic carbocycles. The lowest BCUT2D eigenvalue weighted by Gasteiger charge is -2.31. The van der Waals surface area contributed by atoms with Gasteiger partial charge in [0.15, 0.2) is 0 Å². The number of aliphatic carboxylic acids is 2. The fourth-order valence-corrected chi connectivity index (χ4v) is 2.95. The average Bonchev–Trinajstić information content (AvgIpc) is 2.67. The molecule has 2 rings (SSSR count). The first kappa shape index (κ1) is 24.4. The molecule has 1 aliphatic heterocycles. The third kappa shape index (κ3) is 9.91. The van der Waals surface area contributed by atoms with Gasteiger partial charge in [0.05, 0.1) is 12.5 Å². The lowest BCUT2D eigenvalue weighted by molar-refractivity contribution is -0.159. The Labute approximate surface area is 173 Å². The minimum atomic E-state index is -1.82. The molecular weight excluding hydrogens is 404 g/mol. The second-order valence-electron chi connectivity index (χ2n) is 6.31. The van der Waals surface area contributed by atoms with E-state index in [9.17, 15) is 9.59 Å². The molecule has 1 aromatic rings. The summed E-state index contributed by atoms with van der Waals surface area (Å²) in [7, 11) is 0. The molecule has 1 heterocycles. The van der Waals surface area contributed by atoms with Gasteiger partial charge in [0.1, 0.15) is 0 Å². The number of benzene rings is 1. The molecule has 0 aliphatic carbocycles. The number of carbonyl (C=O) groups excluding carboxylic acids is 2. The number of carbonyl (C=O) groups is 4. The van der Waals surface area contributed by atoms with Crippen molar-refractivity contribution in [2.75, 3.05) is 31.6 Å². The van der Waals surface area contributed by atoms with Gasteiger partial charge in [-0.05, 0) is 44.5 Å². The van der Waals surface area contributed by atoms with Crippen LogP contribution in [-0.2, 0) is 23.9 Å². The first-order valence-electron chi connectivity index (χ1n) is 9.13. The number of rotatable bonds is 6. The van der Waals surface area contributed by atoms with Crippen molar-refractivity contribution < 1.29 is 34.1 Å². The summed E-state index contributed by atoms with van der Waals surface area (Å²) in [6.07, 6.45) is 2.21. The summed E-state index contributed by atoms with van der Waals surface area (Å²) in [5.41, 5.74) is 0.700. The van der Waals surface area contributed by atoms with Gasteiger partial charge in [-0.2, -0.15) is 0 Å². The molecule has 0 spiro atoms. The molecule has 0 bridgehead atoms. The van der Waals surface area contributed by atoms with E-state index >= 15 is 0 Å². The van der Waals surface area contributed by atoms with Crippen molar-refractivity contribution in [2.24, 2.45) is 5.92 Å². The van der Waals surface area contributed by atoms with Crippen LogP contribution < -0.4 is 5.32 Å². The molecule has 0 radical (unpaired) electrons. The van der Waals surface area contributed by atoms with Gasteiger partial charge in [0.2, 0.25) is 5.91 Å². The molecule has 0 aromatic heterocycles. The number of amides is 1. The molecule has 9 nitrogen and oxygen atoms in total. The van der Waals surface area contributed by atoms with Gasteiger partial charge in [-0.1, -0.05) is 17.7 Å². The number of hydrogen-bond donors (Lipinski definition) is 3. The molecule has 29 heavy (non-hydrogen) atoms. The van der Waals surface area contributed by atoms with Gasteiger partial charge in [-0.25, -0.2) is 9.59 Å². The summed E-state index contributed by atoms with van der Waals surface area (Å²) in [6, 6.07) is 7.09. The highest BCUT2D eigenvalue weighted by Gasteiger charge is 2.26. The van der Waals surface area contributed by atoms with Gasteiger partial charge in [0.25, 0.3) is 0 Å². The predicted molar refractivity (Wildman–Crippen MR) is 106 cm³/mol. The van der Waals surface area contributed by atoms with Crippen LogP contribution in [0.5, 0.6) is 0 Å². The third-order valence-electron chi connectivity index (χ3n) is 4.07. The van der Waals surface area contributed by atoms with E-state index in [1.807, 2.05) is 13.0 Å². The molecule has 160 valence electrons. The monoisotopic (exact) mass is 428 g/mol. The van der Waals surface area contributed by atoms with Crippen molar-refractivity contribution in [3.05, 3.63) is 29.3 Å². The Bertz CT molecular complexity index is 714. The van der Waals surface area contributed by atoms with E-state index in [1.54, 1.807) is 18.2 Å². The quantitative estimate of drug-likeness (QED) is 0.463. The minimum absolute atomic E-state index is 0.0504. The van der Waals surface area contributed by atoms with Gasteiger partial charge in [-0.15, -0.1) is 0 Å². The highest BCUT2D eigenvalue weighted by atomic mass is 35.5. The van der Waals surface area contributed by atoms with Gasteiger partial charge in [-0.3, -0.25) is 9.59 Å². The zero-order valence-electron chi connectivity index (χ0n) is 16.1. The van der Waals surface area contributed by atoms with E-state index in [2.05, 4.69) is 10.2 Å². The highest BCUT2D eigenvalue weighted by Crippen LogP contribution is 2.19. The van der Waals surface area contributed by atoms with Crippen LogP contribution in [0.1, 0.15) is 26.2 Å². The zero-order valence-corrected chi connectivity index (χ0v) is 16.9. The largest absolute Gasteiger partial charge is 0.473 e. The SMILES string of the molecule is CCOC(=O)C1CCCN(CCC(=O)Nc2cccc(Cl)c2)C1.O=C(O)C(=O)O. The maximum absolute atomic E-state index is 12.0. The molecule has 10 heteroatoms. The highest BCUT2D eigenvalue weighted by molar-refractivity contribution is 6.30. The molecule has 1 saturated heterocycles. The number of anilines is 1. The number of ether oxygens (including phenoxy) is 1. The molecule has 1 atom stereocenters.